The summed E-state index contributed by atoms with van der Waals surface area (Å²) in [6.45, 7) is 9.86. The summed E-state index contributed by atoms with van der Waals surface area (Å²) < 4.78 is 6.10. The molecule has 286 valence electrons. The minimum atomic E-state index is -0.116. The zero-order valence-corrected chi connectivity index (χ0v) is 33.8. The van der Waals surface area contributed by atoms with Crippen LogP contribution in [0.2, 0.25) is 0 Å². The Bertz CT molecular complexity index is 747. The maximum absolute atomic E-state index is 12.9. The fourth-order valence-corrected chi connectivity index (χ4v) is 6.21. The van der Waals surface area contributed by atoms with Gasteiger partial charge in [-0.25, -0.2) is 4.79 Å². The Kier molecular flexibility index (Phi) is 37.6. The number of carbonyl (C=O) groups excluding carboxylic acids is 1. The van der Waals surface area contributed by atoms with Crippen molar-refractivity contribution in [3.05, 3.63) is 48.6 Å². The molecule has 0 aromatic heterocycles. The average molecular weight is 684 g/mol. The Labute approximate surface area is 307 Å². The van der Waals surface area contributed by atoms with E-state index in [4.69, 9.17) is 4.74 Å². The summed E-state index contributed by atoms with van der Waals surface area (Å²) in [4.78, 5) is 14.7. The normalized spacial score (nSPS) is 12.9. The molecule has 1 amide bonds. The smallest absolute Gasteiger partial charge is 0.409 e. The first kappa shape index (κ1) is 47.2. The lowest BCUT2D eigenvalue weighted by atomic mass is 10.0. The molecule has 49 heavy (non-hydrogen) atoms. The van der Waals surface area contributed by atoms with Gasteiger partial charge in [0.2, 0.25) is 0 Å². The van der Waals surface area contributed by atoms with Crippen LogP contribution in [0.5, 0.6) is 0 Å². The van der Waals surface area contributed by atoms with Crippen LogP contribution in [-0.2, 0) is 4.74 Å². The van der Waals surface area contributed by atoms with E-state index >= 15 is 0 Å². The third-order valence-electron chi connectivity index (χ3n) is 9.56. The van der Waals surface area contributed by atoms with Crippen LogP contribution in [-0.4, -0.2) is 30.7 Å². The van der Waals surface area contributed by atoms with Crippen molar-refractivity contribution < 1.29 is 9.53 Å². The number of amides is 1. The Morgan fingerprint density at radius 3 is 1.27 bits per heavy atom. The molecule has 0 atom stereocenters. The van der Waals surface area contributed by atoms with Crippen LogP contribution in [0, 0.1) is 5.92 Å². The molecule has 0 aromatic carbocycles. The van der Waals surface area contributed by atoms with Crippen molar-refractivity contribution in [1.29, 1.82) is 0 Å². The van der Waals surface area contributed by atoms with Crippen molar-refractivity contribution in [3.8, 4) is 0 Å². The van der Waals surface area contributed by atoms with Crippen LogP contribution in [0.15, 0.2) is 48.6 Å². The zero-order chi connectivity index (χ0) is 35.9. The second-order valence-corrected chi connectivity index (χ2v) is 15.1. The van der Waals surface area contributed by atoms with Gasteiger partial charge in [0.25, 0.3) is 0 Å². The second-order valence-electron chi connectivity index (χ2n) is 15.1. The van der Waals surface area contributed by atoms with Gasteiger partial charge in [0.05, 0.1) is 0 Å². The molecule has 0 aliphatic heterocycles. The van der Waals surface area contributed by atoms with Crippen molar-refractivity contribution in [2.75, 3.05) is 13.6 Å². The number of nitrogens with zero attached hydrogens (tertiary/aromatic N) is 1. The molecule has 0 unspecified atom stereocenters. The summed E-state index contributed by atoms with van der Waals surface area (Å²) in [6.07, 6.45) is 54.5. The maximum Gasteiger partial charge on any atom is 0.409 e. The predicted octanol–water partition coefficient (Wildman–Crippen LogP) is 15.7. The highest BCUT2D eigenvalue weighted by Gasteiger charge is 2.17. The van der Waals surface area contributed by atoms with Gasteiger partial charge in [-0.3, -0.25) is 0 Å². The Balaban J connectivity index is 4.21. The molecule has 0 bridgehead atoms. The van der Waals surface area contributed by atoms with E-state index in [9.17, 15) is 4.79 Å². The molecule has 3 heteroatoms. The molecule has 0 rings (SSSR count). The monoisotopic (exact) mass is 684 g/mol. The fourth-order valence-electron chi connectivity index (χ4n) is 6.21. The SMILES string of the molecule is CCCCCC=CCC=CCCCCCCCCC(CCCCCCCCC=CCC=CCCCCC)OC(=O)N(C)CCCCC(C)C. The van der Waals surface area contributed by atoms with Gasteiger partial charge in [0.1, 0.15) is 6.10 Å². The fraction of sp³-hybridized carbons (Fsp3) is 0.804. The van der Waals surface area contributed by atoms with E-state index in [-0.39, 0.29) is 12.2 Å². The van der Waals surface area contributed by atoms with E-state index in [0.29, 0.717) is 0 Å². The van der Waals surface area contributed by atoms with Crippen LogP contribution in [0.1, 0.15) is 214 Å². The Morgan fingerprint density at radius 2 is 0.857 bits per heavy atom. The van der Waals surface area contributed by atoms with Crippen molar-refractivity contribution in [1.82, 2.24) is 4.90 Å². The van der Waals surface area contributed by atoms with Crippen LogP contribution < -0.4 is 0 Å². The zero-order valence-electron chi connectivity index (χ0n) is 33.8. The van der Waals surface area contributed by atoms with Crippen molar-refractivity contribution >= 4 is 6.09 Å². The number of allylic oxidation sites excluding steroid dienone is 8. The number of unbranched alkanes of at least 4 members (excludes halogenated alkanes) is 19. The summed E-state index contributed by atoms with van der Waals surface area (Å²) in [5.74, 6) is 0.727. The van der Waals surface area contributed by atoms with Gasteiger partial charge in [0, 0.05) is 13.6 Å². The highest BCUT2D eigenvalue weighted by Crippen LogP contribution is 2.19. The van der Waals surface area contributed by atoms with E-state index in [0.717, 1.165) is 44.6 Å². The average Bonchev–Trinajstić information content (AvgIpc) is 3.09. The summed E-state index contributed by atoms with van der Waals surface area (Å²) in [5.41, 5.74) is 0. The lowest BCUT2D eigenvalue weighted by Crippen LogP contribution is -2.32. The maximum atomic E-state index is 12.9. The Morgan fingerprint density at radius 1 is 0.490 bits per heavy atom. The van der Waals surface area contributed by atoms with Gasteiger partial charge < -0.3 is 9.64 Å². The van der Waals surface area contributed by atoms with Crippen LogP contribution in [0.3, 0.4) is 0 Å². The standard InChI is InChI=1S/C46H85NO2/c1-6-8-10-12-14-16-18-20-22-24-26-28-30-32-34-36-41-45(49-46(48)47(5)43-39-38-40-44(3)4)42-37-35-33-31-29-27-25-23-21-19-17-15-13-11-9-7-2/h14-17,20-23,44-45H,6-13,18-19,24-43H2,1-5H3. The molecule has 0 heterocycles. The molecule has 0 aliphatic carbocycles. The van der Waals surface area contributed by atoms with Crippen LogP contribution in [0.25, 0.3) is 0 Å². The number of ether oxygens (including phenoxy) is 1. The van der Waals surface area contributed by atoms with Crippen molar-refractivity contribution in [2.45, 2.75) is 220 Å². The lowest BCUT2D eigenvalue weighted by molar-refractivity contribution is 0.0579. The minimum absolute atomic E-state index is 0.0716. The predicted molar refractivity (Wildman–Crippen MR) is 220 cm³/mol. The summed E-state index contributed by atoms with van der Waals surface area (Å²) in [6, 6.07) is 0. The van der Waals surface area contributed by atoms with Crippen LogP contribution >= 0.6 is 0 Å². The topological polar surface area (TPSA) is 29.5 Å². The molecule has 0 fully saturated rings. The van der Waals surface area contributed by atoms with Gasteiger partial charge in [-0.1, -0.05) is 166 Å². The molecular weight excluding hydrogens is 599 g/mol. The van der Waals surface area contributed by atoms with Gasteiger partial charge in [-0.05, 0) is 102 Å². The highest BCUT2D eigenvalue weighted by atomic mass is 16.6. The molecule has 0 aromatic rings. The van der Waals surface area contributed by atoms with Gasteiger partial charge in [0.15, 0.2) is 0 Å². The van der Waals surface area contributed by atoms with E-state index in [2.05, 4.69) is 76.3 Å². The van der Waals surface area contributed by atoms with Crippen molar-refractivity contribution in [2.24, 2.45) is 5.92 Å². The first-order valence-electron chi connectivity index (χ1n) is 21.5. The number of hydrogen-bond acceptors (Lipinski definition) is 2. The molecule has 0 N–H and O–H groups in total. The molecule has 0 saturated heterocycles. The molecule has 0 spiro atoms. The summed E-state index contributed by atoms with van der Waals surface area (Å²) in [5, 5.41) is 0. The van der Waals surface area contributed by atoms with Gasteiger partial charge in [-0.2, -0.15) is 0 Å². The number of carbonyl (C=O) groups is 1. The first-order chi connectivity index (χ1) is 24.0. The second kappa shape index (κ2) is 39.0. The first-order valence-corrected chi connectivity index (χ1v) is 21.5. The summed E-state index contributed by atoms with van der Waals surface area (Å²) >= 11 is 0. The van der Waals surface area contributed by atoms with Crippen molar-refractivity contribution in [3.63, 3.8) is 0 Å². The quantitative estimate of drug-likeness (QED) is 0.0486. The molecular formula is C46H85NO2. The van der Waals surface area contributed by atoms with Gasteiger partial charge in [-0.15, -0.1) is 0 Å². The van der Waals surface area contributed by atoms with E-state index in [1.54, 1.807) is 0 Å². The minimum Gasteiger partial charge on any atom is -0.446 e. The van der Waals surface area contributed by atoms with Gasteiger partial charge >= 0.3 is 6.09 Å². The molecule has 3 nitrogen and oxygen atoms in total. The molecule has 0 radical (unpaired) electrons. The largest absolute Gasteiger partial charge is 0.446 e. The third-order valence-corrected chi connectivity index (χ3v) is 9.56. The van der Waals surface area contributed by atoms with E-state index < -0.39 is 0 Å². The third kappa shape index (κ3) is 37.3. The van der Waals surface area contributed by atoms with Crippen LogP contribution in [0.4, 0.5) is 4.79 Å². The molecule has 0 saturated carbocycles. The highest BCUT2D eigenvalue weighted by molar-refractivity contribution is 5.67. The number of rotatable bonds is 36. The summed E-state index contributed by atoms with van der Waals surface area (Å²) in [7, 11) is 1.91. The van der Waals surface area contributed by atoms with E-state index in [1.807, 2.05) is 11.9 Å². The van der Waals surface area contributed by atoms with E-state index in [1.165, 1.54) is 154 Å². The molecule has 0 aliphatic rings. The lowest BCUT2D eigenvalue weighted by Gasteiger charge is -2.23. The Hall–Kier alpha value is -1.77. The number of hydrogen-bond donors (Lipinski definition) is 0.